The van der Waals surface area contributed by atoms with E-state index < -0.39 is 49.5 Å². The Morgan fingerprint density at radius 2 is 1.71 bits per heavy atom. The second-order valence-electron chi connectivity index (χ2n) is 9.71. The van der Waals surface area contributed by atoms with Crippen LogP contribution in [0.4, 0.5) is 17.6 Å². The number of hydrogen-bond donors (Lipinski definition) is 1. The molecule has 1 unspecified atom stereocenters. The molecule has 0 bridgehead atoms. The van der Waals surface area contributed by atoms with E-state index in [1.54, 1.807) is 0 Å². The van der Waals surface area contributed by atoms with Crippen LogP contribution in [-0.2, 0) is 33.1 Å². The highest BCUT2D eigenvalue weighted by molar-refractivity contribution is 7.91. The molecular formula is C24H22Cl2F4N2O4S2. The van der Waals surface area contributed by atoms with Gasteiger partial charge in [0, 0.05) is 11.6 Å². The Morgan fingerprint density at radius 1 is 1.11 bits per heavy atom. The molecule has 3 aliphatic rings. The Kier molecular flexibility index (Phi) is 7.24. The van der Waals surface area contributed by atoms with Gasteiger partial charge in [0.15, 0.2) is 5.82 Å². The van der Waals surface area contributed by atoms with Crippen LogP contribution in [0.2, 0.25) is 10.0 Å². The maximum absolute atomic E-state index is 14.5. The van der Waals surface area contributed by atoms with Crippen molar-refractivity contribution in [1.29, 1.82) is 0 Å². The van der Waals surface area contributed by atoms with Gasteiger partial charge in [-0.2, -0.15) is 13.2 Å². The summed E-state index contributed by atoms with van der Waals surface area (Å²) in [5.41, 5.74) is -1.82. The van der Waals surface area contributed by atoms with Crippen LogP contribution in [0, 0.1) is 5.82 Å². The lowest BCUT2D eigenvalue weighted by atomic mass is 9.85. The Labute approximate surface area is 230 Å². The lowest BCUT2D eigenvalue weighted by Gasteiger charge is -2.29. The van der Waals surface area contributed by atoms with E-state index in [9.17, 15) is 30.8 Å². The number of rotatable bonds is 4. The van der Waals surface area contributed by atoms with Gasteiger partial charge in [-0.05, 0) is 61.8 Å². The number of carbonyl (C=O) groups excluding carboxylic acids is 1. The van der Waals surface area contributed by atoms with Gasteiger partial charge in [0.2, 0.25) is 0 Å². The SMILES string of the molecule is O=C(NC1CCS(=O)(=O)CC1)c1sc(C2=NOC(c3cc(Cl)c(F)c(Cl)c3)(C(F)(F)F)C2)c2c1CCCC2. The van der Waals surface area contributed by atoms with Crippen LogP contribution in [0.3, 0.4) is 0 Å². The quantitative estimate of drug-likeness (QED) is 0.341. The first-order chi connectivity index (χ1) is 17.8. The van der Waals surface area contributed by atoms with Gasteiger partial charge in [-0.15, -0.1) is 11.3 Å². The molecule has 1 aromatic heterocycles. The molecule has 5 rings (SSSR count). The van der Waals surface area contributed by atoms with E-state index in [0.29, 0.717) is 35.4 Å². The van der Waals surface area contributed by atoms with Gasteiger partial charge < -0.3 is 10.2 Å². The highest BCUT2D eigenvalue weighted by atomic mass is 35.5. The summed E-state index contributed by atoms with van der Waals surface area (Å²) in [6.45, 7) is 0. The summed E-state index contributed by atoms with van der Waals surface area (Å²) in [4.78, 5) is 19.1. The predicted molar refractivity (Wildman–Crippen MR) is 136 cm³/mol. The molecule has 0 spiro atoms. The van der Waals surface area contributed by atoms with Crippen molar-refractivity contribution in [3.8, 4) is 0 Å². The third-order valence-electron chi connectivity index (χ3n) is 7.21. The largest absolute Gasteiger partial charge is 0.435 e. The first-order valence-corrected chi connectivity index (χ1v) is 15.3. The van der Waals surface area contributed by atoms with Crippen LogP contribution in [0.5, 0.6) is 0 Å². The summed E-state index contributed by atoms with van der Waals surface area (Å²) >= 11 is 12.7. The van der Waals surface area contributed by atoms with E-state index in [-0.39, 0.29) is 29.2 Å². The third-order valence-corrected chi connectivity index (χ3v) is 10.8. The number of benzene rings is 1. The number of carbonyl (C=O) groups is 1. The Hall–Kier alpha value is -1.89. The fraction of sp³-hybridized carbons (Fsp3) is 0.500. The number of halogens is 6. The van der Waals surface area contributed by atoms with Crippen molar-refractivity contribution < 1.29 is 35.6 Å². The normalized spacial score (nSPS) is 23.5. The molecule has 3 heterocycles. The molecule has 206 valence electrons. The van der Waals surface area contributed by atoms with Crippen molar-refractivity contribution in [2.75, 3.05) is 11.5 Å². The van der Waals surface area contributed by atoms with Crippen molar-refractivity contribution in [1.82, 2.24) is 5.32 Å². The topological polar surface area (TPSA) is 84.8 Å². The van der Waals surface area contributed by atoms with Crippen LogP contribution in [0.1, 0.15) is 63.3 Å². The van der Waals surface area contributed by atoms with Crippen LogP contribution in [0.15, 0.2) is 17.3 Å². The van der Waals surface area contributed by atoms with E-state index in [4.69, 9.17) is 28.0 Å². The summed E-state index contributed by atoms with van der Waals surface area (Å²) in [5, 5.41) is 5.58. The molecule has 38 heavy (non-hydrogen) atoms. The number of oxime groups is 1. The molecule has 1 aromatic carbocycles. The monoisotopic (exact) mass is 612 g/mol. The van der Waals surface area contributed by atoms with E-state index in [2.05, 4.69) is 10.5 Å². The highest BCUT2D eigenvalue weighted by Crippen LogP contribution is 2.51. The molecule has 2 aromatic rings. The first kappa shape index (κ1) is 27.7. The van der Waals surface area contributed by atoms with Crippen LogP contribution in [0.25, 0.3) is 0 Å². The second kappa shape index (κ2) is 9.94. The average Bonchev–Trinajstić information content (AvgIpc) is 3.46. The molecule has 0 saturated carbocycles. The fourth-order valence-corrected chi connectivity index (χ4v) is 8.41. The van der Waals surface area contributed by atoms with Crippen molar-refractivity contribution in [2.24, 2.45) is 5.16 Å². The number of nitrogens with zero attached hydrogens (tertiary/aromatic N) is 1. The van der Waals surface area contributed by atoms with Crippen molar-refractivity contribution in [3.63, 3.8) is 0 Å². The minimum absolute atomic E-state index is 0.00314. The van der Waals surface area contributed by atoms with E-state index >= 15 is 0 Å². The molecular weight excluding hydrogens is 591 g/mol. The van der Waals surface area contributed by atoms with Crippen molar-refractivity contribution in [2.45, 2.75) is 62.8 Å². The van der Waals surface area contributed by atoms with E-state index in [1.807, 2.05) is 0 Å². The van der Waals surface area contributed by atoms with Gasteiger partial charge in [0.25, 0.3) is 11.5 Å². The van der Waals surface area contributed by atoms with E-state index in [1.165, 1.54) is 0 Å². The number of sulfone groups is 1. The standard InChI is InChI=1S/C24H22Cl2F4N2O4S2/c25-16-9-12(10-17(26)19(16)27)23(24(28,29)30)11-18(32-36-23)20-14-3-1-2-4-15(14)21(37-20)22(33)31-13-5-7-38(34,35)8-6-13/h9-10,13H,1-8,11H2,(H,31,33). The first-order valence-electron chi connectivity index (χ1n) is 11.9. The molecule has 1 atom stereocenters. The zero-order chi connectivity index (χ0) is 27.5. The number of alkyl halides is 3. The number of amides is 1. The Morgan fingerprint density at radius 3 is 2.32 bits per heavy atom. The molecule has 2 aliphatic heterocycles. The van der Waals surface area contributed by atoms with Crippen LogP contribution >= 0.6 is 34.5 Å². The molecule has 14 heteroatoms. The number of nitrogens with one attached hydrogen (secondary N) is 1. The Balaban J connectivity index is 1.47. The predicted octanol–water partition coefficient (Wildman–Crippen LogP) is 5.96. The van der Waals surface area contributed by atoms with Gasteiger partial charge in [-0.1, -0.05) is 28.4 Å². The third kappa shape index (κ3) is 4.93. The van der Waals surface area contributed by atoms with Gasteiger partial charge in [-0.3, -0.25) is 4.79 Å². The lowest BCUT2D eigenvalue weighted by molar-refractivity contribution is -0.275. The summed E-state index contributed by atoms with van der Waals surface area (Å²) in [6, 6.07) is 1.37. The summed E-state index contributed by atoms with van der Waals surface area (Å²) in [6.07, 6.45) is -2.23. The number of fused-ring (bicyclic) bond motifs is 1. The fourth-order valence-electron chi connectivity index (χ4n) is 5.15. The van der Waals surface area contributed by atoms with Crippen molar-refractivity contribution in [3.05, 3.63) is 54.4 Å². The molecule has 6 nitrogen and oxygen atoms in total. The van der Waals surface area contributed by atoms with Crippen molar-refractivity contribution >= 4 is 56.0 Å². The maximum atomic E-state index is 14.5. The second-order valence-corrected chi connectivity index (χ2v) is 13.8. The zero-order valence-corrected chi connectivity index (χ0v) is 22.9. The minimum Gasteiger partial charge on any atom is -0.374 e. The molecule has 1 fully saturated rings. The minimum atomic E-state index is -4.94. The van der Waals surface area contributed by atoms with Crippen LogP contribution < -0.4 is 5.32 Å². The van der Waals surface area contributed by atoms with Gasteiger partial charge in [0.1, 0.15) is 15.5 Å². The smallest absolute Gasteiger partial charge is 0.374 e. The maximum Gasteiger partial charge on any atom is 0.435 e. The average molecular weight is 613 g/mol. The molecule has 0 radical (unpaired) electrons. The number of thiophene rings is 1. The summed E-state index contributed by atoms with van der Waals surface area (Å²) in [7, 11) is -3.10. The summed E-state index contributed by atoms with van der Waals surface area (Å²) in [5.74, 6) is -1.41. The zero-order valence-electron chi connectivity index (χ0n) is 19.8. The highest BCUT2D eigenvalue weighted by Gasteiger charge is 2.63. The van der Waals surface area contributed by atoms with Gasteiger partial charge in [-0.25, -0.2) is 12.8 Å². The summed E-state index contributed by atoms with van der Waals surface area (Å²) < 4.78 is 80.8. The number of hydrogen-bond acceptors (Lipinski definition) is 6. The van der Waals surface area contributed by atoms with Gasteiger partial charge >= 0.3 is 6.18 Å². The lowest BCUT2D eigenvalue weighted by Crippen LogP contribution is -2.42. The van der Waals surface area contributed by atoms with Gasteiger partial charge in [0.05, 0.1) is 37.7 Å². The molecule has 1 N–H and O–H groups in total. The molecule has 1 amide bonds. The van der Waals surface area contributed by atoms with E-state index in [0.717, 1.165) is 47.4 Å². The molecule has 1 aliphatic carbocycles. The molecule has 1 saturated heterocycles. The van der Waals surface area contributed by atoms with Crippen LogP contribution in [-0.4, -0.2) is 43.8 Å². The Bertz CT molecular complexity index is 1400.